The quantitative estimate of drug-likeness (QED) is 0.0421. The molecule has 48 heavy (non-hydrogen) atoms. The van der Waals surface area contributed by atoms with Gasteiger partial charge in [-0.15, -0.1) is 0 Å². The summed E-state index contributed by atoms with van der Waals surface area (Å²) in [4.78, 5) is 8.88. The molecular formula is C43H72N4S+2. The van der Waals surface area contributed by atoms with Crippen LogP contribution in [0.5, 0.6) is 0 Å². The van der Waals surface area contributed by atoms with Crippen LogP contribution < -0.4 is 8.97 Å². The Morgan fingerprint density at radius 1 is 0.458 bits per heavy atom. The van der Waals surface area contributed by atoms with Crippen LogP contribution >= 0.6 is 12.2 Å². The summed E-state index contributed by atoms with van der Waals surface area (Å²) in [6.07, 6.45) is 31.2. The van der Waals surface area contributed by atoms with Gasteiger partial charge in [0.2, 0.25) is 5.11 Å². The van der Waals surface area contributed by atoms with Crippen LogP contribution in [-0.4, -0.2) is 58.8 Å². The third-order valence-electron chi connectivity index (χ3n) is 9.97. The topological polar surface area (TPSA) is 24.7 Å². The summed E-state index contributed by atoms with van der Waals surface area (Å²) in [5.41, 5.74) is 4.75. The Morgan fingerprint density at radius 2 is 0.729 bits per heavy atom. The van der Waals surface area contributed by atoms with Crippen LogP contribution in [0.15, 0.2) is 58.5 Å². The molecule has 0 bridgehead atoms. The van der Waals surface area contributed by atoms with Crippen molar-refractivity contribution in [1.82, 2.24) is 8.97 Å². The van der Waals surface area contributed by atoms with E-state index < -0.39 is 0 Å². The summed E-state index contributed by atoms with van der Waals surface area (Å²) in [6, 6.07) is 17.4. The van der Waals surface area contributed by atoms with E-state index in [1.807, 2.05) is 12.4 Å². The molecular weight excluding hydrogens is 605 g/mol. The van der Waals surface area contributed by atoms with E-state index >= 15 is 0 Å². The van der Waals surface area contributed by atoms with E-state index in [2.05, 4.69) is 101 Å². The molecule has 0 aliphatic rings. The fourth-order valence-electron chi connectivity index (χ4n) is 6.47. The van der Waals surface area contributed by atoms with Crippen LogP contribution in [0.1, 0.15) is 153 Å². The smallest absolute Gasteiger partial charge is 0.219 e. The van der Waals surface area contributed by atoms with Gasteiger partial charge in [0, 0.05) is 12.4 Å². The van der Waals surface area contributed by atoms with Gasteiger partial charge < -0.3 is 0 Å². The standard InChI is InChI=1S/C43H72N4S/c1-7-9-11-13-15-17-19-21-23-25-35-46(3,4)41-31-27-39(28-32-41)37-44-43(48)45-38-40-29-33-42(34-30-40)47(5,6)36-26-24-22-20-18-16-14-12-10-8-2/h27-34,37-38H,7-26,35-36H2,1-6H3/q+2/b44-37+,45-38+. The van der Waals surface area contributed by atoms with Crippen LogP contribution in [-0.2, 0) is 0 Å². The highest BCUT2D eigenvalue weighted by atomic mass is 32.1. The number of hydrogen-bond acceptors (Lipinski definition) is 1. The molecule has 0 saturated heterocycles. The summed E-state index contributed by atoms with van der Waals surface area (Å²) in [7, 11) is 9.25. The van der Waals surface area contributed by atoms with Crippen LogP contribution in [0.2, 0.25) is 0 Å². The third-order valence-corrected chi connectivity index (χ3v) is 10.2. The van der Waals surface area contributed by atoms with E-state index in [9.17, 15) is 0 Å². The molecule has 0 spiro atoms. The van der Waals surface area contributed by atoms with Crippen molar-refractivity contribution in [2.24, 2.45) is 9.98 Å². The number of rotatable bonds is 26. The zero-order valence-corrected chi connectivity index (χ0v) is 32.8. The molecule has 0 N–H and O–H groups in total. The molecule has 0 aromatic heterocycles. The van der Waals surface area contributed by atoms with Gasteiger partial charge in [-0.05, 0) is 97.6 Å². The van der Waals surface area contributed by atoms with Crippen molar-refractivity contribution >= 4 is 41.1 Å². The molecule has 2 aromatic rings. The molecule has 0 amide bonds. The molecule has 0 aliphatic heterocycles. The van der Waals surface area contributed by atoms with Gasteiger partial charge in [-0.1, -0.05) is 117 Å². The predicted molar refractivity (Wildman–Crippen MR) is 221 cm³/mol. The van der Waals surface area contributed by atoms with Crippen molar-refractivity contribution in [2.45, 2.75) is 142 Å². The Labute approximate surface area is 302 Å². The lowest BCUT2D eigenvalue weighted by atomic mass is 10.1. The predicted octanol–water partition coefficient (Wildman–Crippen LogP) is 12.5. The van der Waals surface area contributed by atoms with Crippen LogP contribution in [0.4, 0.5) is 11.4 Å². The lowest BCUT2D eigenvalue weighted by Gasteiger charge is -2.29. The molecule has 0 unspecified atom stereocenters. The van der Waals surface area contributed by atoms with E-state index in [-0.39, 0.29) is 0 Å². The van der Waals surface area contributed by atoms with Crippen molar-refractivity contribution in [3.63, 3.8) is 0 Å². The molecule has 0 atom stereocenters. The second-order valence-electron chi connectivity index (χ2n) is 15.2. The summed E-state index contributed by atoms with van der Waals surface area (Å²) in [6.45, 7) is 6.91. The van der Waals surface area contributed by atoms with E-state index in [0.717, 1.165) is 20.1 Å². The molecule has 0 saturated carbocycles. The second kappa shape index (κ2) is 24.8. The number of benzene rings is 2. The molecule has 268 valence electrons. The van der Waals surface area contributed by atoms with Gasteiger partial charge in [0.25, 0.3) is 0 Å². The normalized spacial score (nSPS) is 12.5. The Morgan fingerprint density at radius 3 is 1.02 bits per heavy atom. The highest BCUT2D eigenvalue weighted by molar-refractivity contribution is 7.80. The summed E-state index contributed by atoms with van der Waals surface area (Å²) in [5.74, 6) is 0. The number of hydrogen-bond donors (Lipinski definition) is 0. The highest BCUT2D eigenvalue weighted by Gasteiger charge is 2.19. The molecule has 0 fully saturated rings. The van der Waals surface area contributed by atoms with E-state index in [0.29, 0.717) is 5.11 Å². The molecule has 0 heterocycles. The average molecular weight is 677 g/mol. The SMILES string of the molecule is CCCCCCCCCCCC[N+](C)(C)c1ccc(/C=N/C(=S)/N=C/c2ccc([N+](C)(C)CCCCCCCCCCCC)cc2)cc1. The van der Waals surface area contributed by atoms with Gasteiger partial charge in [0.15, 0.2) is 0 Å². The fourth-order valence-corrected chi connectivity index (χ4v) is 6.57. The fraction of sp³-hybridized carbons (Fsp3) is 0.651. The Kier molecular flexibility index (Phi) is 21.7. The van der Waals surface area contributed by atoms with Crippen LogP contribution in [0, 0.1) is 0 Å². The first kappa shape index (κ1) is 42.0. The number of quaternary nitrogens is 2. The lowest BCUT2D eigenvalue weighted by Crippen LogP contribution is -2.41. The van der Waals surface area contributed by atoms with E-state index in [1.54, 1.807) is 0 Å². The van der Waals surface area contributed by atoms with Crippen molar-refractivity contribution in [3.05, 3.63) is 59.7 Å². The highest BCUT2D eigenvalue weighted by Crippen LogP contribution is 2.22. The van der Waals surface area contributed by atoms with E-state index in [4.69, 9.17) is 12.2 Å². The van der Waals surface area contributed by atoms with Gasteiger partial charge in [-0.2, -0.15) is 0 Å². The summed E-state index contributed by atoms with van der Waals surface area (Å²) in [5, 5.41) is 0.345. The first-order chi connectivity index (χ1) is 23.2. The zero-order chi connectivity index (χ0) is 34.9. The maximum absolute atomic E-state index is 5.44. The molecule has 5 heteroatoms. The van der Waals surface area contributed by atoms with Gasteiger partial charge in [0.1, 0.15) is 11.4 Å². The first-order valence-corrected chi connectivity index (χ1v) is 20.1. The van der Waals surface area contributed by atoms with Gasteiger partial charge in [0.05, 0.1) is 41.3 Å². The average Bonchev–Trinajstić information content (AvgIpc) is 3.08. The van der Waals surface area contributed by atoms with Crippen molar-refractivity contribution in [3.8, 4) is 0 Å². The molecule has 4 nitrogen and oxygen atoms in total. The van der Waals surface area contributed by atoms with Gasteiger partial charge in [-0.3, -0.25) is 8.97 Å². The third kappa shape index (κ3) is 18.5. The largest absolute Gasteiger partial charge is 0.296 e. The van der Waals surface area contributed by atoms with Crippen molar-refractivity contribution in [2.75, 3.05) is 41.3 Å². The Hall–Kier alpha value is -2.21. The molecule has 0 aliphatic carbocycles. The summed E-state index contributed by atoms with van der Waals surface area (Å²) >= 11 is 5.44. The lowest BCUT2D eigenvalue weighted by molar-refractivity contribution is 0.380. The molecule has 0 radical (unpaired) electrons. The van der Waals surface area contributed by atoms with Gasteiger partial charge >= 0.3 is 0 Å². The molecule has 2 rings (SSSR count). The maximum atomic E-state index is 5.44. The van der Waals surface area contributed by atoms with E-state index in [1.165, 1.54) is 153 Å². The number of thiocarbonyl (C=S) groups is 1. The van der Waals surface area contributed by atoms with Gasteiger partial charge in [-0.25, -0.2) is 9.98 Å². The van der Waals surface area contributed by atoms with Crippen molar-refractivity contribution in [1.29, 1.82) is 0 Å². The van der Waals surface area contributed by atoms with Crippen molar-refractivity contribution < 1.29 is 0 Å². The minimum atomic E-state index is 0.345. The number of aliphatic imine (C=N–C) groups is 2. The monoisotopic (exact) mass is 677 g/mol. The number of unbranched alkanes of at least 4 members (excludes halogenated alkanes) is 18. The first-order valence-electron chi connectivity index (χ1n) is 19.7. The minimum Gasteiger partial charge on any atom is -0.296 e. The maximum Gasteiger partial charge on any atom is 0.219 e. The Balaban J connectivity index is 1.69. The van der Waals surface area contributed by atoms with Crippen LogP contribution in [0.25, 0.3) is 0 Å². The Bertz CT molecular complexity index is 1070. The second-order valence-corrected chi connectivity index (χ2v) is 15.5. The summed E-state index contributed by atoms with van der Waals surface area (Å²) < 4.78 is 1.82. The zero-order valence-electron chi connectivity index (χ0n) is 32.0. The molecule has 2 aromatic carbocycles. The van der Waals surface area contributed by atoms with Crippen LogP contribution in [0.3, 0.4) is 0 Å². The minimum absolute atomic E-state index is 0.345. The number of nitrogens with zero attached hydrogens (tertiary/aromatic N) is 4.